The molecule has 0 saturated heterocycles. The number of aromatic nitrogens is 2. The van der Waals surface area contributed by atoms with Crippen molar-refractivity contribution in [3.63, 3.8) is 0 Å². The first-order valence-electron chi connectivity index (χ1n) is 18.7. The molecule has 2 aliphatic carbocycles. The number of H-pyrrole nitrogens is 1. The van der Waals surface area contributed by atoms with E-state index in [9.17, 15) is 24.9 Å². The van der Waals surface area contributed by atoms with Gasteiger partial charge in [-0.3, -0.25) is 9.59 Å². The number of aryl methyl sites for hydroxylation is 1. The lowest BCUT2D eigenvalue weighted by molar-refractivity contribution is -0.158. The molecule has 0 aliphatic heterocycles. The van der Waals surface area contributed by atoms with Crippen molar-refractivity contribution in [1.29, 1.82) is 0 Å². The molecular formula is C41H57N3O8. The van der Waals surface area contributed by atoms with Gasteiger partial charge in [-0.15, -0.1) is 0 Å². The van der Waals surface area contributed by atoms with Crippen molar-refractivity contribution in [1.82, 2.24) is 9.97 Å². The zero-order valence-electron chi connectivity index (χ0n) is 31.2. The van der Waals surface area contributed by atoms with E-state index in [1.54, 1.807) is 24.4 Å². The van der Waals surface area contributed by atoms with Crippen LogP contribution in [0.2, 0.25) is 0 Å². The van der Waals surface area contributed by atoms with Crippen molar-refractivity contribution in [3.05, 3.63) is 60.0 Å². The van der Waals surface area contributed by atoms with Crippen molar-refractivity contribution < 1.29 is 39.1 Å². The highest BCUT2D eigenvalue weighted by Gasteiger charge is 2.47. The van der Waals surface area contributed by atoms with Gasteiger partial charge in [0, 0.05) is 50.9 Å². The summed E-state index contributed by atoms with van der Waals surface area (Å²) in [5, 5.41) is 33.2. The zero-order valence-corrected chi connectivity index (χ0v) is 31.2. The molecule has 6 N–H and O–H groups in total. The fourth-order valence-corrected chi connectivity index (χ4v) is 9.25. The number of fused-ring (bicyclic) bond motifs is 2. The van der Waals surface area contributed by atoms with Crippen molar-refractivity contribution in [3.8, 4) is 22.6 Å². The average Bonchev–Trinajstić information content (AvgIpc) is 3.61. The van der Waals surface area contributed by atoms with Gasteiger partial charge in [0.15, 0.2) is 11.5 Å². The second-order valence-corrected chi connectivity index (χ2v) is 15.4. The molecule has 11 heteroatoms. The average molecular weight is 720 g/mol. The summed E-state index contributed by atoms with van der Waals surface area (Å²) >= 11 is 0. The Morgan fingerprint density at radius 3 is 2.44 bits per heavy atom. The van der Waals surface area contributed by atoms with Crippen LogP contribution in [0.5, 0.6) is 11.5 Å². The molecule has 3 aromatic rings. The number of carbonyl (C=O) groups excluding carboxylic acids is 2. The zero-order chi connectivity index (χ0) is 37.5. The van der Waals surface area contributed by atoms with E-state index in [1.807, 2.05) is 18.3 Å². The van der Waals surface area contributed by atoms with Crippen LogP contribution in [0.15, 0.2) is 48.8 Å². The van der Waals surface area contributed by atoms with Crippen molar-refractivity contribution >= 4 is 17.8 Å². The molecule has 0 radical (unpaired) electrons. The number of aliphatic hydroxyl groups excluding tert-OH is 2. The van der Waals surface area contributed by atoms with E-state index in [-0.39, 0.29) is 42.4 Å². The van der Waals surface area contributed by atoms with Crippen LogP contribution in [0.4, 0.5) is 5.82 Å². The molecule has 52 heavy (non-hydrogen) atoms. The van der Waals surface area contributed by atoms with E-state index in [2.05, 4.69) is 29.9 Å². The van der Waals surface area contributed by atoms with Crippen LogP contribution in [-0.4, -0.2) is 69.3 Å². The number of nitrogen functional groups attached to an aromatic ring is 1. The second-order valence-electron chi connectivity index (χ2n) is 15.4. The molecule has 5 rings (SSSR count). The van der Waals surface area contributed by atoms with E-state index in [0.29, 0.717) is 48.6 Å². The van der Waals surface area contributed by atoms with Crippen LogP contribution in [0, 0.1) is 41.4 Å². The largest absolute Gasteiger partial charge is 0.504 e. The fourth-order valence-electron chi connectivity index (χ4n) is 9.25. The van der Waals surface area contributed by atoms with Gasteiger partial charge in [0.2, 0.25) is 0 Å². The Kier molecular flexibility index (Phi) is 13.3. The monoisotopic (exact) mass is 719 g/mol. The summed E-state index contributed by atoms with van der Waals surface area (Å²) in [6, 6.07) is 11.0. The highest BCUT2D eigenvalue weighted by atomic mass is 16.6. The summed E-state index contributed by atoms with van der Waals surface area (Å²) < 4.78 is 17.4. The first-order chi connectivity index (χ1) is 24.9. The highest BCUT2D eigenvalue weighted by Crippen LogP contribution is 2.51. The molecule has 2 saturated carbocycles. The third-order valence-corrected chi connectivity index (χ3v) is 11.6. The normalized spacial score (nSPS) is 25.8. The first kappa shape index (κ1) is 39.1. The number of hydrogen-bond acceptors (Lipinski definition) is 10. The SMILES string of the molecule is COc1cc(CC[C@H](C[C@@H](OC(C)=O)[C@@H]2C[C@H](CO)[C@H](O)[C@H]3C[C@@H](C2)[C@H](C(C)C)C[C@@H]3Cc2ccc[nH]2)OC(C)=O)c(-c2ccnc(N)c2)cc1O. The Balaban J connectivity index is 1.42. The molecule has 9 atom stereocenters. The van der Waals surface area contributed by atoms with E-state index in [4.69, 9.17) is 19.9 Å². The van der Waals surface area contributed by atoms with E-state index in [1.165, 1.54) is 21.0 Å². The lowest BCUT2D eigenvalue weighted by atomic mass is 9.57. The molecule has 0 amide bonds. The van der Waals surface area contributed by atoms with Gasteiger partial charge in [-0.05, 0) is 134 Å². The summed E-state index contributed by atoms with van der Waals surface area (Å²) in [5.41, 5.74) is 9.51. The lowest BCUT2D eigenvalue weighted by Crippen LogP contribution is -2.48. The van der Waals surface area contributed by atoms with Crippen LogP contribution in [0.1, 0.15) is 77.5 Å². The summed E-state index contributed by atoms with van der Waals surface area (Å²) in [4.78, 5) is 32.6. The van der Waals surface area contributed by atoms with Gasteiger partial charge in [-0.1, -0.05) is 13.8 Å². The van der Waals surface area contributed by atoms with E-state index in [0.717, 1.165) is 48.1 Å². The minimum absolute atomic E-state index is 0.0201. The van der Waals surface area contributed by atoms with E-state index >= 15 is 0 Å². The predicted octanol–water partition coefficient (Wildman–Crippen LogP) is 6.10. The Bertz CT molecular complexity index is 1630. The summed E-state index contributed by atoms with van der Waals surface area (Å²) in [5.74, 6) is 0.695. The van der Waals surface area contributed by atoms with E-state index < -0.39 is 30.3 Å². The Morgan fingerprint density at radius 2 is 1.81 bits per heavy atom. The molecule has 2 heterocycles. The number of esters is 2. The molecule has 2 bridgehead atoms. The molecular weight excluding hydrogens is 662 g/mol. The smallest absolute Gasteiger partial charge is 0.302 e. The van der Waals surface area contributed by atoms with Crippen LogP contribution < -0.4 is 10.5 Å². The minimum atomic E-state index is -0.698. The van der Waals surface area contributed by atoms with Crippen LogP contribution in [0.25, 0.3) is 11.1 Å². The number of benzene rings is 1. The van der Waals surface area contributed by atoms with Crippen molar-refractivity contribution in [2.24, 2.45) is 41.4 Å². The molecule has 2 aliphatic rings. The van der Waals surface area contributed by atoms with Gasteiger partial charge < -0.3 is 40.2 Å². The number of aromatic amines is 1. The quantitative estimate of drug-likeness (QED) is 0.122. The van der Waals surface area contributed by atoms with Crippen LogP contribution >= 0.6 is 0 Å². The van der Waals surface area contributed by atoms with Gasteiger partial charge >= 0.3 is 11.9 Å². The summed E-state index contributed by atoms with van der Waals surface area (Å²) in [7, 11) is 1.49. The summed E-state index contributed by atoms with van der Waals surface area (Å²) in [6.07, 6.45) is 6.69. The third kappa shape index (κ3) is 9.66. The highest BCUT2D eigenvalue weighted by molar-refractivity contribution is 5.72. The Labute approximate surface area is 307 Å². The number of nitrogens with one attached hydrogen (secondary N) is 1. The first-order valence-corrected chi connectivity index (χ1v) is 18.7. The number of anilines is 1. The van der Waals surface area contributed by atoms with Crippen LogP contribution in [0.3, 0.4) is 0 Å². The topological polar surface area (TPSA) is 177 Å². The Morgan fingerprint density at radius 1 is 1.04 bits per heavy atom. The number of phenols is 1. The number of nitrogens with two attached hydrogens (primary N) is 1. The van der Waals surface area contributed by atoms with Gasteiger partial charge in [0.1, 0.15) is 18.0 Å². The second kappa shape index (κ2) is 17.6. The summed E-state index contributed by atoms with van der Waals surface area (Å²) in [6.45, 7) is 7.13. The molecule has 2 aromatic heterocycles. The number of nitrogens with zero attached hydrogens (tertiary/aromatic N) is 1. The minimum Gasteiger partial charge on any atom is -0.504 e. The number of carbonyl (C=O) groups is 2. The van der Waals surface area contributed by atoms with Gasteiger partial charge in [-0.25, -0.2) is 4.98 Å². The number of hydrogen-bond donors (Lipinski definition) is 5. The molecule has 284 valence electrons. The molecule has 11 nitrogen and oxygen atoms in total. The maximum Gasteiger partial charge on any atom is 0.302 e. The third-order valence-electron chi connectivity index (χ3n) is 11.6. The molecule has 0 spiro atoms. The maximum absolute atomic E-state index is 12.7. The molecule has 2 fully saturated rings. The Hall–Kier alpha value is -4.09. The molecule has 0 unspecified atom stereocenters. The standard InChI is InChI=1S/C41H57N3O8/c1-23(2)34-16-29(15-32-7-6-11-43-32)36-17-28(34)13-30(14-31(22-45)41(36)49)38(52-25(4)47)20-33(51-24(3)46)9-8-26-18-39(50-5)37(48)21-35(26)27-10-12-44-40(42)19-27/h6-7,10-12,18-19,21,23,28-31,33-34,36,38,41,43,45,48-49H,8-9,13-17,20,22H2,1-5H3,(H2,42,44)/t28-,29+,30+,31-,33-,34+,36+,38-,41+/m1/s1. The predicted molar refractivity (Wildman–Crippen MR) is 198 cm³/mol. The van der Waals surface area contributed by atoms with Crippen molar-refractivity contribution in [2.45, 2.75) is 97.4 Å². The number of aromatic hydroxyl groups is 1. The lowest BCUT2D eigenvalue weighted by Gasteiger charge is -2.50. The van der Waals surface area contributed by atoms with Gasteiger partial charge in [0.25, 0.3) is 0 Å². The maximum atomic E-state index is 12.7. The number of phenolic OH excluding ortho intramolecular Hbond substituents is 1. The van der Waals surface area contributed by atoms with Gasteiger partial charge in [0.05, 0.1) is 13.2 Å². The number of aliphatic hydroxyl groups is 2. The van der Waals surface area contributed by atoms with Gasteiger partial charge in [-0.2, -0.15) is 0 Å². The van der Waals surface area contributed by atoms with Crippen LogP contribution in [-0.2, 0) is 31.9 Å². The molecule has 1 aromatic carbocycles. The fraction of sp³-hybridized carbons (Fsp3) is 0.585. The number of pyridine rings is 1. The number of rotatable bonds is 14. The number of methoxy groups -OCH3 is 1. The van der Waals surface area contributed by atoms with Crippen molar-refractivity contribution in [2.75, 3.05) is 19.5 Å². The number of ether oxygens (including phenoxy) is 3.